The summed E-state index contributed by atoms with van der Waals surface area (Å²) in [7, 11) is -2.19. The van der Waals surface area contributed by atoms with Gasteiger partial charge >= 0.3 is 5.97 Å². The SMILES string of the molecule is COCCCS(=O)(=O)NC(CCO)C(=O)O. The molecule has 1 unspecified atom stereocenters. The number of sulfonamides is 1. The number of aliphatic hydroxyl groups excluding tert-OH is 1. The highest BCUT2D eigenvalue weighted by atomic mass is 32.2. The normalized spacial score (nSPS) is 13.6. The van der Waals surface area contributed by atoms with Crippen LogP contribution in [0.2, 0.25) is 0 Å². The fourth-order valence-electron chi connectivity index (χ4n) is 1.03. The summed E-state index contributed by atoms with van der Waals surface area (Å²) in [5, 5.41) is 17.3. The Morgan fingerprint density at radius 2 is 2.12 bits per heavy atom. The Morgan fingerprint density at radius 1 is 1.50 bits per heavy atom. The van der Waals surface area contributed by atoms with Crippen LogP contribution in [-0.4, -0.2) is 56.7 Å². The molecule has 0 saturated heterocycles. The molecule has 0 aromatic carbocycles. The monoisotopic (exact) mass is 255 g/mol. The summed E-state index contributed by atoms with van der Waals surface area (Å²) in [6.07, 6.45) is 0.135. The second-order valence-electron chi connectivity index (χ2n) is 3.19. The van der Waals surface area contributed by atoms with Crippen LogP contribution in [0, 0.1) is 0 Å². The standard InChI is InChI=1S/C8H17NO6S/c1-15-5-2-6-16(13,14)9-7(3-4-10)8(11)12/h7,9-10H,2-6H2,1H3,(H,11,12). The first kappa shape index (κ1) is 15.3. The summed E-state index contributed by atoms with van der Waals surface area (Å²) in [5.41, 5.74) is 0. The molecule has 1 atom stereocenters. The first-order valence-corrected chi connectivity index (χ1v) is 6.40. The first-order chi connectivity index (χ1) is 7.43. The van der Waals surface area contributed by atoms with Gasteiger partial charge in [0.2, 0.25) is 10.0 Å². The molecule has 0 fully saturated rings. The van der Waals surface area contributed by atoms with Crippen molar-refractivity contribution in [1.82, 2.24) is 4.72 Å². The van der Waals surface area contributed by atoms with E-state index in [4.69, 9.17) is 10.2 Å². The third-order valence-electron chi connectivity index (χ3n) is 1.80. The molecule has 96 valence electrons. The van der Waals surface area contributed by atoms with Crippen molar-refractivity contribution in [3.8, 4) is 0 Å². The van der Waals surface area contributed by atoms with Gasteiger partial charge in [0.05, 0.1) is 5.75 Å². The lowest BCUT2D eigenvalue weighted by Gasteiger charge is -2.13. The van der Waals surface area contributed by atoms with Crippen LogP contribution < -0.4 is 4.72 Å². The maximum absolute atomic E-state index is 11.4. The lowest BCUT2D eigenvalue weighted by molar-refractivity contribution is -0.139. The molecular weight excluding hydrogens is 238 g/mol. The van der Waals surface area contributed by atoms with Crippen molar-refractivity contribution in [2.45, 2.75) is 18.9 Å². The Bertz CT molecular complexity index is 302. The van der Waals surface area contributed by atoms with Crippen molar-refractivity contribution in [1.29, 1.82) is 0 Å². The highest BCUT2D eigenvalue weighted by Crippen LogP contribution is 1.97. The van der Waals surface area contributed by atoms with Crippen LogP contribution in [0.3, 0.4) is 0 Å². The van der Waals surface area contributed by atoms with Crippen LogP contribution in [0.15, 0.2) is 0 Å². The average Bonchev–Trinajstić information content (AvgIpc) is 2.17. The Labute approximate surface area is 94.5 Å². The number of hydrogen-bond donors (Lipinski definition) is 3. The molecule has 0 aromatic heterocycles. The van der Waals surface area contributed by atoms with Crippen LogP contribution in [0.5, 0.6) is 0 Å². The molecule has 0 bridgehead atoms. The van der Waals surface area contributed by atoms with Gasteiger partial charge in [-0.15, -0.1) is 0 Å². The van der Waals surface area contributed by atoms with Gasteiger partial charge in [0, 0.05) is 20.3 Å². The lowest BCUT2D eigenvalue weighted by atomic mass is 10.2. The number of nitrogens with one attached hydrogen (secondary N) is 1. The van der Waals surface area contributed by atoms with Crippen molar-refractivity contribution in [3.63, 3.8) is 0 Å². The Hall–Kier alpha value is -0.700. The number of carbonyl (C=O) groups is 1. The fourth-order valence-corrected chi connectivity index (χ4v) is 2.30. The molecule has 0 radical (unpaired) electrons. The van der Waals surface area contributed by atoms with E-state index in [0.717, 1.165) is 0 Å². The van der Waals surface area contributed by atoms with E-state index < -0.39 is 28.6 Å². The van der Waals surface area contributed by atoms with Crippen molar-refractivity contribution in [2.75, 3.05) is 26.1 Å². The van der Waals surface area contributed by atoms with E-state index in [0.29, 0.717) is 6.61 Å². The zero-order valence-corrected chi connectivity index (χ0v) is 9.87. The number of aliphatic carboxylic acids is 1. The summed E-state index contributed by atoms with van der Waals surface area (Å²) in [6, 6.07) is -1.28. The Morgan fingerprint density at radius 3 is 2.56 bits per heavy atom. The molecular formula is C8H17NO6S. The van der Waals surface area contributed by atoms with E-state index in [1.165, 1.54) is 7.11 Å². The minimum Gasteiger partial charge on any atom is -0.480 e. The molecule has 0 saturated carbocycles. The van der Waals surface area contributed by atoms with E-state index in [9.17, 15) is 13.2 Å². The van der Waals surface area contributed by atoms with Crippen LogP contribution in [0.4, 0.5) is 0 Å². The number of rotatable bonds is 9. The Balaban J connectivity index is 4.25. The number of hydrogen-bond acceptors (Lipinski definition) is 5. The molecule has 8 heteroatoms. The van der Waals surface area contributed by atoms with Gasteiger partial charge in [0.25, 0.3) is 0 Å². The highest BCUT2D eigenvalue weighted by molar-refractivity contribution is 7.89. The zero-order chi connectivity index (χ0) is 12.6. The second kappa shape index (κ2) is 7.55. The number of methoxy groups -OCH3 is 1. The topological polar surface area (TPSA) is 113 Å². The van der Waals surface area contributed by atoms with Crippen LogP contribution in [0.25, 0.3) is 0 Å². The van der Waals surface area contributed by atoms with Gasteiger partial charge in [-0.2, -0.15) is 0 Å². The summed E-state index contributed by atoms with van der Waals surface area (Å²) in [6.45, 7) is -0.101. The summed E-state index contributed by atoms with van der Waals surface area (Å²) in [5.74, 6) is -1.50. The molecule has 0 aliphatic carbocycles. The molecule has 0 heterocycles. The third kappa shape index (κ3) is 6.72. The van der Waals surface area contributed by atoms with E-state index in [1.807, 2.05) is 4.72 Å². The first-order valence-electron chi connectivity index (χ1n) is 4.75. The highest BCUT2D eigenvalue weighted by Gasteiger charge is 2.22. The van der Waals surface area contributed by atoms with Gasteiger partial charge in [0.1, 0.15) is 6.04 Å². The average molecular weight is 255 g/mol. The second-order valence-corrected chi connectivity index (χ2v) is 5.06. The maximum atomic E-state index is 11.4. The van der Waals surface area contributed by atoms with Crippen LogP contribution >= 0.6 is 0 Å². The molecule has 0 aromatic rings. The lowest BCUT2D eigenvalue weighted by Crippen LogP contribution is -2.42. The minimum absolute atomic E-state index is 0.154. The van der Waals surface area contributed by atoms with E-state index in [2.05, 4.69) is 4.74 Å². The smallest absolute Gasteiger partial charge is 0.321 e. The predicted octanol–water partition coefficient (Wildman–Crippen LogP) is -1.22. The summed E-state index contributed by atoms with van der Waals surface area (Å²) in [4.78, 5) is 10.6. The minimum atomic E-state index is -3.64. The molecule has 0 rings (SSSR count). The Kier molecular flexibility index (Phi) is 7.22. The van der Waals surface area contributed by atoms with Crippen molar-refractivity contribution < 1.29 is 28.2 Å². The number of carboxylic acid groups (broad SMARTS) is 1. The molecule has 0 aliphatic rings. The van der Waals surface area contributed by atoms with Gasteiger partial charge in [-0.3, -0.25) is 4.79 Å². The molecule has 0 spiro atoms. The van der Waals surface area contributed by atoms with Gasteiger partial charge < -0.3 is 14.9 Å². The quantitative estimate of drug-likeness (QED) is 0.445. The van der Waals surface area contributed by atoms with Crippen molar-refractivity contribution >= 4 is 16.0 Å². The molecule has 7 nitrogen and oxygen atoms in total. The van der Waals surface area contributed by atoms with Crippen molar-refractivity contribution in [2.24, 2.45) is 0 Å². The van der Waals surface area contributed by atoms with Crippen LogP contribution in [0.1, 0.15) is 12.8 Å². The van der Waals surface area contributed by atoms with Crippen LogP contribution in [-0.2, 0) is 19.6 Å². The molecule has 3 N–H and O–H groups in total. The van der Waals surface area contributed by atoms with E-state index in [-0.39, 0.29) is 18.6 Å². The van der Waals surface area contributed by atoms with Gasteiger partial charge in [-0.05, 0) is 12.8 Å². The largest absolute Gasteiger partial charge is 0.480 e. The number of aliphatic hydroxyl groups is 1. The van der Waals surface area contributed by atoms with E-state index in [1.54, 1.807) is 0 Å². The van der Waals surface area contributed by atoms with Gasteiger partial charge in [0.15, 0.2) is 0 Å². The third-order valence-corrected chi connectivity index (χ3v) is 3.27. The maximum Gasteiger partial charge on any atom is 0.321 e. The van der Waals surface area contributed by atoms with Gasteiger partial charge in [-0.1, -0.05) is 0 Å². The summed E-state index contributed by atoms with van der Waals surface area (Å²) < 4.78 is 29.5. The van der Waals surface area contributed by atoms with Gasteiger partial charge in [-0.25, -0.2) is 13.1 Å². The number of carboxylic acids is 1. The summed E-state index contributed by atoms with van der Waals surface area (Å²) >= 11 is 0. The molecule has 0 amide bonds. The fraction of sp³-hybridized carbons (Fsp3) is 0.875. The predicted molar refractivity (Wildman–Crippen MR) is 56.5 cm³/mol. The molecule has 0 aliphatic heterocycles. The molecule has 16 heavy (non-hydrogen) atoms. The zero-order valence-electron chi connectivity index (χ0n) is 9.05. The van der Waals surface area contributed by atoms with E-state index >= 15 is 0 Å². The van der Waals surface area contributed by atoms with Crippen molar-refractivity contribution in [3.05, 3.63) is 0 Å². The number of ether oxygens (including phenoxy) is 1.